The van der Waals surface area contributed by atoms with E-state index in [1.54, 1.807) is 55.9 Å². The summed E-state index contributed by atoms with van der Waals surface area (Å²) >= 11 is -1.33. The molecule has 0 N–H and O–H groups in total. The van der Waals surface area contributed by atoms with E-state index in [-0.39, 0.29) is 30.2 Å². The maximum absolute atomic E-state index is 2.64. The van der Waals surface area contributed by atoms with Gasteiger partial charge in [-0.15, -0.1) is 0 Å². The fourth-order valence-electron chi connectivity index (χ4n) is 8.57. The average Bonchev–Trinajstić information content (AvgIpc) is 3.70. The van der Waals surface area contributed by atoms with Crippen LogP contribution >= 0.6 is 0 Å². The zero-order chi connectivity index (χ0) is 32.3. The Bertz CT molecular complexity index is 1860. The maximum atomic E-state index is 2.64. The van der Waals surface area contributed by atoms with Crippen LogP contribution in [0.1, 0.15) is 108 Å². The fourth-order valence-corrected chi connectivity index (χ4v) is 12.4. The molecule has 3 aromatic carbocycles. The molecule has 48 heavy (non-hydrogen) atoms. The van der Waals surface area contributed by atoms with Crippen molar-refractivity contribution in [2.75, 3.05) is 0 Å². The normalized spacial score (nSPS) is 17.8. The summed E-state index contributed by atoms with van der Waals surface area (Å²) < 4.78 is 3.31. The Balaban J connectivity index is 0.00000260. The zero-order valence-corrected chi connectivity index (χ0v) is 33.8. The van der Waals surface area contributed by atoms with Gasteiger partial charge in [0.25, 0.3) is 0 Å². The van der Waals surface area contributed by atoms with Crippen molar-refractivity contribution in [3.63, 3.8) is 0 Å². The Kier molecular flexibility index (Phi) is 13.7. The predicted octanol–water partition coefficient (Wildman–Crippen LogP) is 4.48. The Morgan fingerprint density at radius 1 is 0.750 bits per heavy atom. The zero-order valence-electron chi connectivity index (χ0n) is 29.8. The fraction of sp³-hybridized carbons (Fsp3) is 0.356. The van der Waals surface area contributed by atoms with Gasteiger partial charge in [-0.2, -0.15) is 0 Å². The van der Waals surface area contributed by atoms with Crippen LogP contribution in [0.4, 0.5) is 0 Å². The van der Waals surface area contributed by atoms with Gasteiger partial charge in [-0.25, -0.2) is 0 Å². The second-order valence-corrected chi connectivity index (χ2v) is 16.8. The molecule has 3 heteroatoms. The smallest absolute Gasteiger partial charge is 1.00 e. The van der Waals surface area contributed by atoms with Gasteiger partial charge in [0, 0.05) is 0 Å². The molecule has 6 rings (SSSR count). The summed E-state index contributed by atoms with van der Waals surface area (Å²) in [5, 5.41) is 3.16. The monoisotopic (exact) mass is 751 g/mol. The summed E-state index contributed by atoms with van der Waals surface area (Å²) in [4.78, 5) is 0. The summed E-state index contributed by atoms with van der Waals surface area (Å²) in [5.41, 5.74) is 15.8. The number of aryl methyl sites for hydroxylation is 2. The molecule has 3 aromatic rings. The second kappa shape index (κ2) is 17.1. The van der Waals surface area contributed by atoms with Crippen molar-refractivity contribution < 1.29 is 47.6 Å². The van der Waals surface area contributed by atoms with Crippen LogP contribution in [0, 0.1) is 12.3 Å². The summed E-state index contributed by atoms with van der Waals surface area (Å²) in [6.07, 6.45) is 17.7. The van der Waals surface area contributed by atoms with Crippen molar-refractivity contribution in [2.45, 2.75) is 99.3 Å². The molecular formula is C45H51Cl2Zr. The molecule has 249 valence electrons. The number of fused-ring (bicyclic) bond motifs is 2. The van der Waals surface area contributed by atoms with Gasteiger partial charge in [-0.05, 0) is 0 Å². The third kappa shape index (κ3) is 7.13. The molecule has 0 bridgehead atoms. The van der Waals surface area contributed by atoms with Crippen LogP contribution in [0.15, 0.2) is 119 Å². The molecule has 0 fully saturated rings. The number of benzene rings is 3. The number of hydrogen-bond acceptors (Lipinski definition) is 0. The Morgan fingerprint density at radius 3 is 1.92 bits per heavy atom. The van der Waals surface area contributed by atoms with Gasteiger partial charge in [0.15, 0.2) is 0 Å². The maximum Gasteiger partial charge on any atom is -1.00 e. The molecule has 0 aliphatic heterocycles. The molecule has 3 aliphatic carbocycles. The molecule has 0 nitrogen and oxygen atoms in total. The molecular weight excluding hydrogens is 703 g/mol. The van der Waals surface area contributed by atoms with Crippen molar-refractivity contribution in [3.8, 4) is 0 Å². The molecule has 1 unspecified atom stereocenters. The van der Waals surface area contributed by atoms with E-state index in [0.29, 0.717) is 0 Å². The quantitative estimate of drug-likeness (QED) is 0.256. The summed E-state index contributed by atoms with van der Waals surface area (Å²) in [6, 6.07) is 27.7. The van der Waals surface area contributed by atoms with Gasteiger partial charge in [0.1, 0.15) is 0 Å². The van der Waals surface area contributed by atoms with E-state index in [0.717, 1.165) is 12.8 Å². The Hall–Kier alpha value is -2.31. The van der Waals surface area contributed by atoms with Crippen molar-refractivity contribution in [2.24, 2.45) is 5.41 Å². The number of allylic oxidation sites excluding steroid dienone is 8. The largest absolute Gasteiger partial charge is 1.00 e. The van der Waals surface area contributed by atoms with Crippen LogP contribution < -0.4 is 35.3 Å². The van der Waals surface area contributed by atoms with E-state index >= 15 is 0 Å². The average molecular weight is 754 g/mol. The van der Waals surface area contributed by atoms with Crippen LogP contribution in [0.25, 0.3) is 8.85 Å². The van der Waals surface area contributed by atoms with Crippen molar-refractivity contribution in [3.05, 3.63) is 152 Å². The number of halogens is 2. The molecule has 0 spiro atoms. The molecule has 0 saturated heterocycles. The van der Waals surface area contributed by atoms with E-state index in [2.05, 4.69) is 133 Å². The van der Waals surface area contributed by atoms with Crippen molar-refractivity contribution in [1.29, 1.82) is 0 Å². The minimum absolute atomic E-state index is 0. The van der Waals surface area contributed by atoms with Crippen LogP contribution in [0.5, 0.6) is 0 Å². The Labute approximate surface area is 313 Å². The number of hydrogen-bond donors (Lipinski definition) is 0. The molecule has 0 saturated carbocycles. The van der Waals surface area contributed by atoms with Crippen LogP contribution in [0.3, 0.4) is 0 Å². The van der Waals surface area contributed by atoms with Crippen LogP contribution in [-0.2, 0) is 29.2 Å². The minimum atomic E-state index is -1.33. The summed E-state index contributed by atoms with van der Waals surface area (Å²) in [7, 11) is 0. The van der Waals surface area contributed by atoms with E-state index in [9.17, 15) is 0 Å². The van der Waals surface area contributed by atoms with Crippen LogP contribution in [-0.4, -0.2) is 3.21 Å². The first kappa shape index (κ1) is 38.5. The second-order valence-electron chi connectivity index (χ2n) is 13.7. The van der Waals surface area contributed by atoms with Gasteiger partial charge in [-0.1, -0.05) is 0 Å². The van der Waals surface area contributed by atoms with E-state index in [4.69, 9.17) is 0 Å². The summed E-state index contributed by atoms with van der Waals surface area (Å²) in [5.74, 6) is 0. The predicted molar refractivity (Wildman–Crippen MR) is 196 cm³/mol. The molecule has 0 aromatic heterocycles. The Morgan fingerprint density at radius 2 is 1.38 bits per heavy atom. The molecule has 0 heterocycles. The number of rotatable bonds is 12. The standard InChI is InChI=1S/C32H41.C13H10.2ClH.Zr/c1-7-13-24-19-22(5)20-25-21-27-30(29(24)25)26(14-8-2)28(15-9-3)32(6,18-10-4)31(27)23-16-11-12-17-23;1-3-7-12(8-4-1)11-13-9-5-2-6-10-13;;;/h11-12,16,19-20H,7-10,13-15,17-18H2,1-6H3;1-10H;2*1H;/q;;;;+2/p-2. The van der Waals surface area contributed by atoms with E-state index in [1.165, 1.54) is 61.6 Å². The third-order valence-corrected chi connectivity index (χ3v) is 14.2. The first-order valence-electron chi connectivity index (χ1n) is 17.9. The van der Waals surface area contributed by atoms with Crippen molar-refractivity contribution >= 4 is 12.1 Å². The van der Waals surface area contributed by atoms with Gasteiger partial charge in [0.2, 0.25) is 0 Å². The molecule has 0 amide bonds. The van der Waals surface area contributed by atoms with Crippen LogP contribution in [0.2, 0.25) is 0 Å². The molecule has 0 radical (unpaired) electrons. The topological polar surface area (TPSA) is 0 Å². The summed E-state index contributed by atoms with van der Waals surface area (Å²) in [6.45, 7) is 14.5. The SMILES string of the molecule is CCCC1=C(CCC)C(C)(CCC)C(C2=CC=CC2)=C2[C]([Zr+2]=[C](c3ccccc3)c3ccccc3)=c3cc(C)cc(CCC)c3=C12.[Cl-].[Cl-]. The first-order chi connectivity index (χ1) is 22.5. The molecule has 1 atom stereocenters. The van der Waals surface area contributed by atoms with Gasteiger partial charge < -0.3 is 24.8 Å². The third-order valence-electron chi connectivity index (χ3n) is 10.3. The van der Waals surface area contributed by atoms with E-state index in [1.807, 2.05) is 0 Å². The van der Waals surface area contributed by atoms with Crippen molar-refractivity contribution in [1.82, 2.24) is 0 Å². The molecule has 3 aliphatic rings. The first-order valence-corrected chi connectivity index (χ1v) is 20.4. The van der Waals surface area contributed by atoms with Gasteiger partial charge in [-0.3, -0.25) is 0 Å². The van der Waals surface area contributed by atoms with Gasteiger partial charge >= 0.3 is 291 Å². The van der Waals surface area contributed by atoms with E-state index < -0.39 is 22.8 Å². The van der Waals surface area contributed by atoms with Gasteiger partial charge in [0.05, 0.1) is 0 Å². The minimum Gasteiger partial charge on any atom is -1.00 e.